The summed E-state index contributed by atoms with van der Waals surface area (Å²) in [6.07, 6.45) is -1.27. The van der Waals surface area contributed by atoms with Gasteiger partial charge in [-0.1, -0.05) is 96.2 Å². The van der Waals surface area contributed by atoms with Crippen LogP contribution in [-0.4, -0.2) is 47.2 Å². The van der Waals surface area contributed by atoms with E-state index in [0.29, 0.717) is 0 Å². The topological polar surface area (TPSA) is 80.5 Å². The quantitative estimate of drug-likeness (QED) is 0.232. The zero-order valence-corrected chi connectivity index (χ0v) is 18.7. The maximum atomic E-state index is 11.1. The van der Waals surface area contributed by atoms with E-state index >= 15 is 0 Å². The monoisotopic (exact) mass is 447 g/mol. The average molecular weight is 448 g/mol. The summed E-state index contributed by atoms with van der Waals surface area (Å²) in [6.45, 7) is 3.46. The van der Waals surface area contributed by atoms with Gasteiger partial charge in [0, 0.05) is 0 Å². The molecule has 0 saturated carbocycles. The molecule has 0 aromatic heterocycles. The second kappa shape index (κ2) is 9.85. The molecule has 2 N–H and O–H groups in total. The van der Waals surface area contributed by atoms with Crippen LogP contribution in [0.2, 0.25) is 0 Å². The predicted octanol–water partition coefficient (Wildman–Crippen LogP) is 4.34. The van der Waals surface area contributed by atoms with Crippen LogP contribution in [0.5, 0.6) is 0 Å². The molecule has 33 heavy (non-hydrogen) atoms. The summed E-state index contributed by atoms with van der Waals surface area (Å²) in [6, 6.07) is 29.8. The van der Waals surface area contributed by atoms with E-state index in [1.165, 1.54) is 6.21 Å². The molecule has 6 nitrogen and oxygen atoms in total. The van der Waals surface area contributed by atoms with E-state index in [2.05, 4.69) is 5.16 Å². The van der Waals surface area contributed by atoms with E-state index in [1.807, 2.05) is 91.0 Å². The molecule has 3 aromatic rings. The Bertz CT molecular complexity index is 943. The van der Waals surface area contributed by atoms with Crippen molar-refractivity contribution in [2.75, 3.05) is 6.61 Å². The molecule has 4 rings (SSSR count). The molecule has 1 heterocycles. The molecule has 1 fully saturated rings. The molecule has 0 aliphatic carbocycles. The van der Waals surface area contributed by atoms with Gasteiger partial charge < -0.3 is 24.5 Å². The number of benzene rings is 3. The van der Waals surface area contributed by atoms with E-state index in [-0.39, 0.29) is 6.61 Å². The highest BCUT2D eigenvalue weighted by Crippen LogP contribution is 2.41. The van der Waals surface area contributed by atoms with Crippen molar-refractivity contribution >= 4 is 6.21 Å². The SMILES string of the molecule is CC1(C)OC(/C=N/O)C(C(O)COC(c2ccccc2)(c2ccccc2)c2ccccc2)O1. The van der Waals surface area contributed by atoms with Crippen molar-refractivity contribution in [1.82, 2.24) is 0 Å². The van der Waals surface area contributed by atoms with Gasteiger partial charge in [0.05, 0.1) is 12.8 Å². The Kier molecular flexibility index (Phi) is 6.91. The lowest BCUT2D eigenvalue weighted by Crippen LogP contribution is -2.43. The summed E-state index contributed by atoms with van der Waals surface area (Å²) in [5.74, 6) is -0.924. The van der Waals surface area contributed by atoms with Gasteiger partial charge in [0.15, 0.2) is 5.79 Å². The van der Waals surface area contributed by atoms with Gasteiger partial charge in [-0.3, -0.25) is 0 Å². The summed E-state index contributed by atoms with van der Waals surface area (Å²) < 4.78 is 18.3. The highest BCUT2D eigenvalue weighted by molar-refractivity contribution is 5.64. The largest absolute Gasteiger partial charge is 0.411 e. The lowest BCUT2D eigenvalue weighted by molar-refractivity contribution is -0.160. The smallest absolute Gasteiger partial charge is 0.164 e. The second-order valence-corrected chi connectivity index (χ2v) is 8.49. The third-order valence-corrected chi connectivity index (χ3v) is 5.77. The predicted molar refractivity (Wildman–Crippen MR) is 125 cm³/mol. The van der Waals surface area contributed by atoms with Gasteiger partial charge in [0.2, 0.25) is 0 Å². The van der Waals surface area contributed by atoms with Crippen molar-refractivity contribution < 1.29 is 24.5 Å². The van der Waals surface area contributed by atoms with Crippen molar-refractivity contribution in [3.63, 3.8) is 0 Å². The molecule has 3 unspecified atom stereocenters. The molecule has 0 radical (unpaired) electrons. The van der Waals surface area contributed by atoms with Crippen LogP contribution in [0.4, 0.5) is 0 Å². The molecule has 1 saturated heterocycles. The molecule has 6 heteroatoms. The summed E-state index contributed by atoms with van der Waals surface area (Å²) in [5.41, 5.74) is 1.85. The van der Waals surface area contributed by atoms with Crippen LogP contribution in [0.15, 0.2) is 96.2 Å². The van der Waals surface area contributed by atoms with Crippen molar-refractivity contribution in [2.45, 2.75) is 43.5 Å². The minimum Gasteiger partial charge on any atom is -0.411 e. The van der Waals surface area contributed by atoms with Gasteiger partial charge in [-0.2, -0.15) is 0 Å². The summed E-state index contributed by atoms with van der Waals surface area (Å²) in [7, 11) is 0. The van der Waals surface area contributed by atoms with Gasteiger partial charge in [0.1, 0.15) is 23.9 Å². The molecule has 1 aliphatic heterocycles. The van der Waals surface area contributed by atoms with Crippen molar-refractivity contribution in [3.8, 4) is 0 Å². The number of aliphatic hydroxyl groups excluding tert-OH is 1. The van der Waals surface area contributed by atoms with Crippen LogP contribution in [0, 0.1) is 0 Å². The van der Waals surface area contributed by atoms with Gasteiger partial charge in [-0.15, -0.1) is 0 Å². The fraction of sp³-hybridized carbons (Fsp3) is 0.296. The van der Waals surface area contributed by atoms with Crippen LogP contribution >= 0.6 is 0 Å². The summed E-state index contributed by atoms with van der Waals surface area (Å²) >= 11 is 0. The van der Waals surface area contributed by atoms with E-state index in [1.54, 1.807) is 13.8 Å². The second-order valence-electron chi connectivity index (χ2n) is 8.49. The maximum Gasteiger partial charge on any atom is 0.164 e. The van der Waals surface area contributed by atoms with Crippen LogP contribution in [0.3, 0.4) is 0 Å². The Labute approximate surface area is 194 Å². The maximum absolute atomic E-state index is 11.1. The van der Waals surface area contributed by atoms with Gasteiger partial charge in [-0.25, -0.2) is 0 Å². The third-order valence-electron chi connectivity index (χ3n) is 5.77. The Morgan fingerprint density at radius 1 is 0.879 bits per heavy atom. The van der Waals surface area contributed by atoms with Crippen molar-refractivity contribution in [2.24, 2.45) is 5.16 Å². The Morgan fingerprint density at radius 2 is 1.33 bits per heavy atom. The third kappa shape index (κ3) is 4.84. The highest BCUT2D eigenvalue weighted by atomic mass is 16.8. The normalized spacial score (nSPS) is 21.3. The Morgan fingerprint density at radius 3 is 1.76 bits per heavy atom. The minimum absolute atomic E-state index is 0.0431. The van der Waals surface area contributed by atoms with E-state index in [4.69, 9.17) is 19.4 Å². The zero-order chi connectivity index (χ0) is 23.3. The molecular weight excluding hydrogens is 418 g/mol. The fourth-order valence-corrected chi connectivity index (χ4v) is 4.37. The first-order valence-electron chi connectivity index (χ1n) is 11.0. The summed E-state index contributed by atoms with van der Waals surface area (Å²) in [4.78, 5) is 0. The fourth-order valence-electron chi connectivity index (χ4n) is 4.37. The molecule has 1 aliphatic rings. The first-order chi connectivity index (χ1) is 16.0. The Balaban J connectivity index is 1.73. The van der Waals surface area contributed by atoms with Crippen LogP contribution in [0.25, 0.3) is 0 Å². The number of rotatable bonds is 8. The lowest BCUT2D eigenvalue weighted by atomic mass is 9.80. The molecule has 172 valence electrons. The lowest BCUT2D eigenvalue weighted by Gasteiger charge is -2.37. The summed E-state index contributed by atoms with van der Waals surface area (Å²) in [5, 5.41) is 23.2. The van der Waals surface area contributed by atoms with E-state index in [9.17, 15) is 5.11 Å². The number of hydrogen-bond acceptors (Lipinski definition) is 6. The number of nitrogens with zero attached hydrogens (tertiary/aromatic N) is 1. The van der Waals surface area contributed by atoms with Crippen molar-refractivity contribution in [1.29, 1.82) is 0 Å². The Hall–Kier alpha value is -3.03. The van der Waals surface area contributed by atoms with Crippen molar-refractivity contribution in [3.05, 3.63) is 108 Å². The molecule has 0 amide bonds. The number of aliphatic hydroxyl groups is 1. The van der Waals surface area contributed by atoms with E-state index in [0.717, 1.165) is 16.7 Å². The van der Waals surface area contributed by atoms with E-state index < -0.39 is 29.7 Å². The van der Waals surface area contributed by atoms with Crippen LogP contribution in [0.1, 0.15) is 30.5 Å². The highest BCUT2D eigenvalue weighted by Gasteiger charge is 2.46. The van der Waals surface area contributed by atoms with Crippen LogP contribution in [-0.2, 0) is 19.8 Å². The standard InChI is InChI=1S/C27H29NO5/c1-26(2)32-24(18-28-30)25(33-26)23(29)19-31-27(20-12-6-3-7-13-20,21-14-8-4-9-15-21)22-16-10-5-11-17-22/h3-18,23-25,29-30H,19H2,1-2H3/b28-18+. The minimum atomic E-state index is -1.04. The van der Waals surface area contributed by atoms with Crippen LogP contribution < -0.4 is 0 Å². The average Bonchev–Trinajstić information content (AvgIpc) is 3.16. The zero-order valence-electron chi connectivity index (χ0n) is 18.7. The molecule has 0 bridgehead atoms. The first-order valence-corrected chi connectivity index (χ1v) is 11.0. The molecular formula is C27H29NO5. The first kappa shape index (κ1) is 23.1. The van der Waals surface area contributed by atoms with Gasteiger partial charge >= 0.3 is 0 Å². The molecule has 3 atom stereocenters. The van der Waals surface area contributed by atoms with Gasteiger partial charge in [0.25, 0.3) is 0 Å². The number of ether oxygens (including phenoxy) is 3. The number of hydrogen-bond donors (Lipinski definition) is 2. The number of oxime groups is 1. The molecule has 3 aromatic carbocycles. The van der Waals surface area contributed by atoms with Gasteiger partial charge in [-0.05, 0) is 30.5 Å². The molecule has 0 spiro atoms.